The highest BCUT2D eigenvalue weighted by atomic mass is 32.2. The average Bonchev–Trinajstić information content (AvgIpc) is 2.77. The topological polar surface area (TPSA) is 88.6 Å². The number of likely N-dealkylation sites (N-methyl/N-ethyl adjacent to an activating group) is 1. The maximum Gasteiger partial charge on any atom is 0.274 e. The molecule has 3 N–H and O–H groups in total. The molecule has 18 heavy (non-hydrogen) atoms. The van der Waals surface area contributed by atoms with E-state index in [4.69, 9.17) is 10.2 Å². The molecular formula is C11H21N3O3S. The van der Waals surface area contributed by atoms with E-state index in [2.05, 4.69) is 23.5 Å². The summed E-state index contributed by atoms with van der Waals surface area (Å²) in [6, 6.07) is 3.35. The first kappa shape index (κ1) is 15.2. The monoisotopic (exact) mass is 275 g/mol. The van der Waals surface area contributed by atoms with Crippen molar-refractivity contribution in [1.82, 2.24) is 9.62 Å². The van der Waals surface area contributed by atoms with Crippen LogP contribution in [-0.4, -0.2) is 39.5 Å². The lowest BCUT2D eigenvalue weighted by Crippen LogP contribution is -2.36. The van der Waals surface area contributed by atoms with Gasteiger partial charge in [-0.2, -0.15) is 0 Å². The van der Waals surface area contributed by atoms with Crippen LogP contribution in [0.2, 0.25) is 0 Å². The molecule has 0 radical (unpaired) electrons. The number of rotatable bonds is 7. The zero-order chi connectivity index (χ0) is 13.8. The van der Waals surface area contributed by atoms with Crippen LogP contribution < -0.4 is 10.5 Å². The second-order valence-corrected chi connectivity index (χ2v) is 6.09. The Balaban J connectivity index is 2.55. The maximum absolute atomic E-state index is 11.8. The molecule has 0 aliphatic rings. The number of nitrogens with one attached hydrogen (secondary N) is 1. The van der Waals surface area contributed by atoms with E-state index in [9.17, 15) is 8.42 Å². The number of hydrogen-bond donors (Lipinski definition) is 2. The van der Waals surface area contributed by atoms with Crippen LogP contribution in [-0.2, 0) is 16.6 Å². The zero-order valence-corrected chi connectivity index (χ0v) is 11.8. The van der Waals surface area contributed by atoms with Crippen molar-refractivity contribution < 1.29 is 12.8 Å². The lowest BCUT2D eigenvalue weighted by Gasteiger charge is -2.20. The van der Waals surface area contributed by atoms with E-state index in [0.717, 1.165) is 0 Å². The molecule has 0 atom stereocenters. The van der Waals surface area contributed by atoms with Crippen LogP contribution in [0.15, 0.2) is 21.6 Å². The Morgan fingerprint density at radius 1 is 1.44 bits per heavy atom. The fraction of sp³-hybridized carbons (Fsp3) is 0.636. The summed E-state index contributed by atoms with van der Waals surface area (Å²) in [5.41, 5.74) is 5.36. The number of nitrogens with two attached hydrogens (primary N) is 1. The lowest BCUT2D eigenvalue weighted by molar-refractivity contribution is 0.278. The number of sulfonamides is 1. The Morgan fingerprint density at radius 2 is 2.11 bits per heavy atom. The molecule has 1 rings (SSSR count). The molecule has 0 bridgehead atoms. The van der Waals surface area contributed by atoms with Gasteiger partial charge in [0.15, 0.2) is 0 Å². The Labute approximate surface area is 108 Å². The van der Waals surface area contributed by atoms with Gasteiger partial charge in [0.1, 0.15) is 5.76 Å². The Bertz CT molecular complexity index is 468. The second kappa shape index (κ2) is 6.33. The van der Waals surface area contributed by atoms with Crippen molar-refractivity contribution in [2.24, 2.45) is 5.73 Å². The van der Waals surface area contributed by atoms with Gasteiger partial charge in [0.25, 0.3) is 10.0 Å². The molecule has 0 saturated carbocycles. The van der Waals surface area contributed by atoms with Gasteiger partial charge in [0.05, 0.1) is 6.54 Å². The van der Waals surface area contributed by atoms with Crippen molar-refractivity contribution in [3.63, 3.8) is 0 Å². The van der Waals surface area contributed by atoms with Crippen molar-refractivity contribution in [3.05, 3.63) is 17.9 Å². The van der Waals surface area contributed by atoms with E-state index < -0.39 is 10.0 Å². The summed E-state index contributed by atoms with van der Waals surface area (Å²) in [6.45, 7) is 5.27. The Kier molecular flexibility index (Phi) is 5.33. The molecule has 1 aromatic heterocycles. The summed E-state index contributed by atoms with van der Waals surface area (Å²) in [6.07, 6.45) is 0. The molecule has 0 saturated heterocycles. The summed E-state index contributed by atoms with van der Waals surface area (Å²) in [7, 11) is -1.63. The Hall–Kier alpha value is -0.890. The molecule has 0 unspecified atom stereocenters. The molecule has 0 fully saturated rings. The fourth-order valence-corrected chi connectivity index (χ4v) is 2.26. The standard InChI is InChI=1S/C11H21N3O3S/c1-9(2)14(3)7-6-13-18(15,16)11-5-4-10(8-12)17-11/h4-5,9,13H,6-8,12H2,1-3H3. The summed E-state index contributed by atoms with van der Waals surface area (Å²) < 4.78 is 31.3. The largest absolute Gasteiger partial charge is 0.447 e. The van der Waals surface area contributed by atoms with Crippen molar-refractivity contribution in [3.8, 4) is 0 Å². The van der Waals surface area contributed by atoms with E-state index in [-0.39, 0.29) is 11.6 Å². The van der Waals surface area contributed by atoms with E-state index in [1.165, 1.54) is 6.07 Å². The third kappa shape index (κ3) is 4.09. The Morgan fingerprint density at radius 3 is 2.61 bits per heavy atom. The van der Waals surface area contributed by atoms with E-state index in [1.54, 1.807) is 6.07 Å². The number of furan rings is 1. The minimum atomic E-state index is -3.57. The van der Waals surface area contributed by atoms with Gasteiger partial charge in [0.2, 0.25) is 5.09 Å². The SMILES string of the molecule is CC(C)N(C)CCNS(=O)(=O)c1ccc(CN)o1. The van der Waals surface area contributed by atoms with Gasteiger partial charge in [0, 0.05) is 19.1 Å². The molecule has 0 aliphatic carbocycles. The second-order valence-electron chi connectivity index (χ2n) is 4.40. The molecule has 0 amide bonds. The average molecular weight is 275 g/mol. The van der Waals surface area contributed by atoms with Crippen molar-refractivity contribution >= 4 is 10.0 Å². The van der Waals surface area contributed by atoms with Crippen molar-refractivity contribution in [2.45, 2.75) is 31.5 Å². The summed E-state index contributed by atoms with van der Waals surface area (Å²) in [5.74, 6) is 0.453. The molecule has 104 valence electrons. The van der Waals surface area contributed by atoms with Crippen LogP contribution in [0.3, 0.4) is 0 Å². The van der Waals surface area contributed by atoms with Crippen LogP contribution in [0, 0.1) is 0 Å². The maximum atomic E-state index is 11.8. The lowest BCUT2D eigenvalue weighted by atomic mass is 10.3. The first-order valence-corrected chi connectivity index (χ1v) is 7.34. The zero-order valence-electron chi connectivity index (χ0n) is 11.0. The quantitative estimate of drug-likeness (QED) is 0.750. The molecule has 0 aliphatic heterocycles. The summed E-state index contributed by atoms with van der Waals surface area (Å²) in [4.78, 5) is 2.05. The van der Waals surface area contributed by atoms with Crippen LogP contribution in [0.25, 0.3) is 0 Å². The van der Waals surface area contributed by atoms with Crippen LogP contribution >= 0.6 is 0 Å². The number of nitrogens with zero attached hydrogens (tertiary/aromatic N) is 1. The molecule has 0 aromatic carbocycles. The first-order chi connectivity index (χ1) is 8.36. The van der Waals surface area contributed by atoms with Gasteiger partial charge in [-0.15, -0.1) is 0 Å². The number of hydrogen-bond acceptors (Lipinski definition) is 5. The predicted octanol–water partition coefficient (Wildman–Crippen LogP) is 0.357. The molecule has 1 heterocycles. The molecule has 7 heteroatoms. The van der Waals surface area contributed by atoms with Gasteiger partial charge >= 0.3 is 0 Å². The smallest absolute Gasteiger partial charge is 0.274 e. The van der Waals surface area contributed by atoms with Gasteiger partial charge < -0.3 is 15.1 Å². The third-order valence-electron chi connectivity index (χ3n) is 2.74. The molecule has 1 aromatic rings. The minimum Gasteiger partial charge on any atom is -0.447 e. The minimum absolute atomic E-state index is 0.0878. The van der Waals surface area contributed by atoms with Gasteiger partial charge in [-0.1, -0.05) is 0 Å². The van der Waals surface area contributed by atoms with Crippen LogP contribution in [0.1, 0.15) is 19.6 Å². The molecule has 6 nitrogen and oxygen atoms in total. The highest BCUT2D eigenvalue weighted by Gasteiger charge is 2.18. The van der Waals surface area contributed by atoms with Crippen LogP contribution in [0.4, 0.5) is 0 Å². The molecule has 0 spiro atoms. The van der Waals surface area contributed by atoms with E-state index >= 15 is 0 Å². The van der Waals surface area contributed by atoms with Crippen molar-refractivity contribution in [2.75, 3.05) is 20.1 Å². The van der Waals surface area contributed by atoms with Crippen LogP contribution in [0.5, 0.6) is 0 Å². The third-order valence-corrected chi connectivity index (χ3v) is 4.07. The summed E-state index contributed by atoms with van der Waals surface area (Å²) >= 11 is 0. The predicted molar refractivity (Wildman–Crippen MR) is 69.6 cm³/mol. The fourth-order valence-electron chi connectivity index (χ4n) is 1.30. The highest BCUT2D eigenvalue weighted by molar-refractivity contribution is 7.89. The summed E-state index contributed by atoms with van der Waals surface area (Å²) in [5, 5.41) is -0.0878. The van der Waals surface area contributed by atoms with Gasteiger partial charge in [-0.3, -0.25) is 0 Å². The van der Waals surface area contributed by atoms with Gasteiger partial charge in [-0.05, 0) is 33.0 Å². The highest BCUT2D eigenvalue weighted by Crippen LogP contribution is 2.12. The van der Waals surface area contributed by atoms with E-state index in [1.807, 2.05) is 7.05 Å². The van der Waals surface area contributed by atoms with Gasteiger partial charge in [-0.25, -0.2) is 13.1 Å². The van der Waals surface area contributed by atoms with Crippen molar-refractivity contribution in [1.29, 1.82) is 0 Å². The molecular weight excluding hydrogens is 254 g/mol. The first-order valence-electron chi connectivity index (χ1n) is 5.85. The van der Waals surface area contributed by atoms with E-state index in [0.29, 0.717) is 24.9 Å². The normalized spacial score (nSPS) is 12.6.